The maximum atomic E-state index is 12.5. The van der Waals surface area contributed by atoms with Crippen molar-refractivity contribution in [3.05, 3.63) is 46.0 Å². The number of hydrogen-bond donors (Lipinski definition) is 0. The maximum Gasteiger partial charge on any atom is 0.230 e. The molecule has 0 spiro atoms. The fourth-order valence-corrected chi connectivity index (χ4v) is 2.19. The van der Waals surface area contributed by atoms with Gasteiger partial charge in [-0.1, -0.05) is 6.07 Å². The fraction of sp³-hybridized carbons (Fsp3) is 0.308. The van der Waals surface area contributed by atoms with E-state index >= 15 is 0 Å². The van der Waals surface area contributed by atoms with E-state index < -0.39 is 0 Å². The summed E-state index contributed by atoms with van der Waals surface area (Å²) in [6, 6.07) is 5.55. The summed E-state index contributed by atoms with van der Waals surface area (Å²) in [6.45, 7) is 5.84. The van der Waals surface area contributed by atoms with E-state index in [0.29, 0.717) is 15.9 Å². The zero-order valence-corrected chi connectivity index (χ0v) is 12.1. The summed E-state index contributed by atoms with van der Waals surface area (Å²) < 4.78 is 2.40. The molecule has 0 saturated heterocycles. The highest BCUT2D eigenvalue weighted by atomic mass is 79.9. The van der Waals surface area contributed by atoms with Crippen LogP contribution in [-0.4, -0.2) is 20.5 Å². The van der Waals surface area contributed by atoms with Gasteiger partial charge < -0.3 is 0 Å². The Labute approximate surface area is 114 Å². The molecule has 0 unspecified atom stereocenters. The summed E-state index contributed by atoms with van der Waals surface area (Å²) in [5.74, 6) is -0.114. The monoisotopic (exact) mass is 307 g/mol. The van der Waals surface area contributed by atoms with Gasteiger partial charge in [0.2, 0.25) is 5.78 Å². The second kappa shape index (κ2) is 5.02. The van der Waals surface area contributed by atoms with E-state index in [9.17, 15) is 4.79 Å². The quantitative estimate of drug-likeness (QED) is 0.818. The minimum absolute atomic E-state index is 0.114. The van der Waals surface area contributed by atoms with E-state index in [1.54, 1.807) is 16.9 Å². The van der Waals surface area contributed by atoms with Crippen LogP contribution in [0.25, 0.3) is 0 Å². The second-order valence-corrected chi connectivity index (χ2v) is 5.23. The summed E-state index contributed by atoms with van der Waals surface area (Å²) >= 11 is 3.37. The van der Waals surface area contributed by atoms with Crippen LogP contribution in [0.4, 0.5) is 0 Å². The van der Waals surface area contributed by atoms with Gasteiger partial charge in [-0.2, -0.15) is 5.10 Å². The lowest BCUT2D eigenvalue weighted by Crippen LogP contribution is -2.15. The standard InChI is InChI=1S/C13H14BrN3O/c1-8(2)17-12(10(14)7-15-17)13(18)11-6-4-5-9(3)16-11/h4-8H,1-3H3. The molecule has 94 valence electrons. The van der Waals surface area contributed by atoms with Gasteiger partial charge in [0.15, 0.2) is 0 Å². The molecule has 0 saturated carbocycles. The Hall–Kier alpha value is -1.49. The van der Waals surface area contributed by atoms with E-state index in [0.717, 1.165) is 5.69 Å². The molecule has 0 N–H and O–H groups in total. The number of pyridine rings is 1. The Morgan fingerprint density at radius 1 is 1.39 bits per heavy atom. The maximum absolute atomic E-state index is 12.5. The smallest absolute Gasteiger partial charge is 0.230 e. The van der Waals surface area contributed by atoms with E-state index in [1.165, 1.54) is 0 Å². The van der Waals surface area contributed by atoms with Gasteiger partial charge in [0.25, 0.3) is 0 Å². The van der Waals surface area contributed by atoms with Crippen molar-refractivity contribution in [1.82, 2.24) is 14.8 Å². The predicted octanol–water partition coefficient (Wildman–Crippen LogP) is 3.16. The molecule has 2 aromatic rings. The van der Waals surface area contributed by atoms with Gasteiger partial charge in [-0.05, 0) is 48.8 Å². The Kier molecular flexibility index (Phi) is 3.61. The van der Waals surface area contributed by atoms with Gasteiger partial charge in [0.1, 0.15) is 11.4 Å². The Balaban J connectivity index is 2.49. The number of aromatic nitrogens is 3. The van der Waals surface area contributed by atoms with Crippen molar-refractivity contribution in [2.75, 3.05) is 0 Å². The topological polar surface area (TPSA) is 47.8 Å². The number of ketones is 1. The van der Waals surface area contributed by atoms with Crippen LogP contribution in [0.3, 0.4) is 0 Å². The molecule has 4 nitrogen and oxygen atoms in total. The molecule has 2 rings (SSSR count). The van der Waals surface area contributed by atoms with Crippen LogP contribution in [0.5, 0.6) is 0 Å². The number of carbonyl (C=O) groups excluding carboxylic acids is 1. The van der Waals surface area contributed by atoms with Crippen LogP contribution in [0, 0.1) is 6.92 Å². The molecular formula is C13H14BrN3O. The van der Waals surface area contributed by atoms with Crippen molar-refractivity contribution in [3.8, 4) is 0 Å². The first-order chi connectivity index (χ1) is 8.50. The summed E-state index contributed by atoms with van der Waals surface area (Å²) in [4.78, 5) is 16.7. The average molecular weight is 308 g/mol. The van der Waals surface area contributed by atoms with E-state index in [4.69, 9.17) is 0 Å². The van der Waals surface area contributed by atoms with Crippen LogP contribution in [0.1, 0.15) is 41.8 Å². The van der Waals surface area contributed by atoms with Crippen LogP contribution >= 0.6 is 15.9 Å². The first-order valence-corrected chi connectivity index (χ1v) is 6.51. The number of halogens is 1. The molecule has 0 radical (unpaired) electrons. The number of aryl methyl sites for hydroxylation is 1. The summed E-state index contributed by atoms with van der Waals surface area (Å²) in [6.07, 6.45) is 1.64. The molecule has 0 aliphatic carbocycles. The molecule has 0 amide bonds. The lowest BCUT2D eigenvalue weighted by atomic mass is 10.2. The van der Waals surface area contributed by atoms with Gasteiger partial charge in [-0.25, -0.2) is 4.98 Å². The van der Waals surface area contributed by atoms with Crippen LogP contribution in [0.15, 0.2) is 28.9 Å². The van der Waals surface area contributed by atoms with Crippen molar-refractivity contribution >= 4 is 21.7 Å². The minimum atomic E-state index is -0.114. The van der Waals surface area contributed by atoms with E-state index in [2.05, 4.69) is 26.0 Å². The molecule has 0 aromatic carbocycles. The number of carbonyl (C=O) groups is 1. The Morgan fingerprint density at radius 3 is 2.72 bits per heavy atom. The molecule has 0 bridgehead atoms. The van der Waals surface area contributed by atoms with Crippen molar-refractivity contribution in [2.24, 2.45) is 0 Å². The SMILES string of the molecule is Cc1cccc(C(=O)c2c(Br)cnn2C(C)C)n1. The molecule has 2 aromatic heterocycles. The molecule has 5 heteroatoms. The van der Waals surface area contributed by atoms with Crippen LogP contribution in [-0.2, 0) is 0 Å². The zero-order valence-electron chi connectivity index (χ0n) is 10.5. The van der Waals surface area contributed by atoms with Crippen molar-refractivity contribution in [2.45, 2.75) is 26.8 Å². The lowest BCUT2D eigenvalue weighted by Gasteiger charge is -2.10. The van der Waals surface area contributed by atoms with Gasteiger partial charge in [-0.3, -0.25) is 9.48 Å². The predicted molar refractivity (Wildman–Crippen MR) is 72.7 cm³/mol. The highest BCUT2D eigenvalue weighted by Crippen LogP contribution is 2.22. The third-order valence-electron chi connectivity index (χ3n) is 2.58. The van der Waals surface area contributed by atoms with Gasteiger partial charge in [0, 0.05) is 11.7 Å². The third-order valence-corrected chi connectivity index (χ3v) is 3.16. The number of hydrogen-bond acceptors (Lipinski definition) is 3. The summed E-state index contributed by atoms with van der Waals surface area (Å²) in [5, 5.41) is 4.21. The lowest BCUT2D eigenvalue weighted by molar-refractivity contribution is 0.102. The highest BCUT2D eigenvalue weighted by Gasteiger charge is 2.21. The van der Waals surface area contributed by atoms with Crippen molar-refractivity contribution in [3.63, 3.8) is 0 Å². The van der Waals surface area contributed by atoms with Gasteiger partial charge in [-0.15, -0.1) is 0 Å². The van der Waals surface area contributed by atoms with Crippen molar-refractivity contribution in [1.29, 1.82) is 0 Å². The normalized spacial score (nSPS) is 10.9. The molecule has 0 atom stereocenters. The van der Waals surface area contributed by atoms with Gasteiger partial charge in [0.05, 0.1) is 10.7 Å². The molecule has 0 aliphatic heterocycles. The van der Waals surface area contributed by atoms with E-state index in [-0.39, 0.29) is 11.8 Å². The highest BCUT2D eigenvalue weighted by molar-refractivity contribution is 9.10. The second-order valence-electron chi connectivity index (χ2n) is 4.37. The number of rotatable bonds is 3. The molecule has 0 fully saturated rings. The van der Waals surface area contributed by atoms with Crippen LogP contribution < -0.4 is 0 Å². The van der Waals surface area contributed by atoms with E-state index in [1.807, 2.05) is 32.9 Å². The summed E-state index contributed by atoms with van der Waals surface area (Å²) in [7, 11) is 0. The molecule has 0 aliphatic rings. The fourth-order valence-electron chi connectivity index (χ4n) is 1.74. The largest absolute Gasteiger partial charge is 0.285 e. The Morgan fingerprint density at radius 2 is 2.11 bits per heavy atom. The van der Waals surface area contributed by atoms with Crippen molar-refractivity contribution < 1.29 is 4.79 Å². The molecule has 18 heavy (non-hydrogen) atoms. The van der Waals surface area contributed by atoms with Gasteiger partial charge >= 0.3 is 0 Å². The summed E-state index contributed by atoms with van der Waals surface area (Å²) in [5.41, 5.74) is 1.81. The third kappa shape index (κ3) is 2.36. The van der Waals surface area contributed by atoms with Crippen LogP contribution in [0.2, 0.25) is 0 Å². The number of nitrogens with zero attached hydrogens (tertiary/aromatic N) is 3. The first kappa shape index (κ1) is 13.0. The Bertz CT molecular complexity index is 590. The average Bonchev–Trinajstić information content (AvgIpc) is 2.70. The minimum Gasteiger partial charge on any atom is -0.285 e. The molecule has 2 heterocycles. The molecular weight excluding hydrogens is 294 g/mol. The zero-order chi connectivity index (χ0) is 13.3. The first-order valence-electron chi connectivity index (χ1n) is 5.72.